The Kier molecular flexibility index (Phi) is 4.46. The molecule has 0 aliphatic heterocycles. The van der Waals surface area contributed by atoms with Gasteiger partial charge in [-0.05, 0) is 42.8 Å². The van der Waals surface area contributed by atoms with Crippen LogP contribution in [0.2, 0.25) is 5.02 Å². The third-order valence-electron chi connectivity index (χ3n) is 3.16. The van der Waals surface area contributed by atoms with Crippen LogP contribution in [0.15, 0.2) is 42.5 Å². The van der Waals surface area contributed by atoms with Crippen molar-refractivity contribution >= 4 is 23.2 Å². The maximum atomic E-state index is 11.1. The molecule has 1 amide bonds. The maximum Gasteiger partial charge on any atom is 0.250 e. The first-order chi connectivity index (χ1) is 10.0. The summed E-state index contributed by atoms with van der Waals surface area (Å²) in [5.74, 6) is -0.549. The van der Waals surface area contributed by atoms with E-state index in [9.17, 15) is 4.79 Å². The van der Waals surface area contributed by atoms with E-state index in [1.807, 2.05) is 19.1 Å². The van der Waals surface area contributed by atoms with Gasteiger partial charge < -0.3 is 11.1 Å². The van der Waals surface area contributed by atoms with Gasteiger partial charge in [0, 0.05) is 11.7 Å². The van der Waals surface area contributed by atoms with Crippen LogP contribution >= 0.6 is 11.6 Å². The maximum absolute atomic E-state index is 11.1. The molecule has 2 aromatic carbocycles. The summed E-state index contributed by atoms with van der Waals surface area (Å²) in [6.45, 7) is 2.00. The predicted octanol–water partition coefficient (Wildman–Crippen LogP) is 3.48. The Morgan fingerprint density at radius 1 is 1.29 bits per heavy atom. The number of halogens is 1. The second-order valence-corrected chi connectivity index (χ2v) is 5.07. The molecule has 0 bridgehead atoms. The van der Waals surface area contributed by atoms with Crippen molar-refractivity contribution in [3.05, 3.63) is 64.2 Å². The highest BCUT2D eigenvalue weighted by atomic mass is 35.5. The lowest BCUT2D eigenvalue weighted by Gasteiger charge is -2.16. The van der Waals surface area contributed by atoms with Crippen molar-refractivity contribution < 1.29 is 4.79 Å². The summed E-state index contributed by atoms with van der Waals surface area (Å²) in [6.07, 6.45) is 0. The molecule has 0 radical (unpaired) electrons. The second kappa shape index (κ2) is 6.29. The van der Waals surface area contributed by atoms with E-state index in [0.717, 1.165) is 11.3 Å². The molecule has 0 aliphatic carbocycles. The number of benzene rings is 2. The Morgan fingerprint density at radius 3 is 2.48 bits per heavy atom. The topological polar surface area (TPSA) is 78.9 Å². The lowest BCUT2D eigenvalue weighted by molar-refractivity contribution is 0.100. The van der Waals surface area contributed by atoms with Crippen LogP contribution < -0.4 is 11.1 Å². The summed E-state index contributed by atoms with van der Waals surface area (Å²) in [7, 11) is 0. The van der Waals surface area contributed by atoms with E-state index in [2.05, 4.69) is 11.4 Å². The molecule has 2 rings (SSSR count). The van der Waals surface area contributed by atoms with Gasteiger partial charge in [-0.1, -0.05) is 23.7 Å². The number of rotatable bonds is 4. The summed E-state index contributed by atoms with van der Waals surface area (Å²) >= 11 is 6.02. The molecule has 0 aromatic heterocycles. The number of carbonyl (C=O) groups is 1. The second-order valence-electron chi connectivity index (χ2n) is 4.66. The van der Waals surface area contributed by atoms with Gasteiger partial charge in [-0.3, -0.25) is 4.79 Å². The fourth-order valence-corrected chi connectivity index (χ4v) is 2.26. The Balaban J connectivity index is 2.15. The number of amides is 1. The van der Waals surface area contributed by atoms with E-state index >= 15 is 0 Å². The van der Waals surface area contributed by atoms with Gasteiger partial charge >= 0.3 is 0 Å². The third-order valence-corrected chi connectivity index (χ3v) is 3.47. The Hall–Kier alpha value is -2.51. The molecular formula is C16H14ClN3O. The van der Waals surface area contributed by atoms with Crippen molar-refractivity contribution in [3.63, 3.8) is 0 Å². The van der Waals surface area contributed by atoms with E-state index < -0.39 is 5.91 Å². The fraction of sp³-hybridized carbons (Fsp3) is 0.125. The number of hydrogen-bond donors (Lipinski definition) is 2. The van der Waals surface area contributed by atoms with E-state index in [-0.39, 0.29) is 6.04 Å². The molecule has 0 saturated heterocycles. The van der Waals surface area contributed by atoms with Crippen LogP contribution in [0.25, 0.3) is 0 Å². The van der Waals surface area contributed by atoms with Crippen LogP contribution in [0, 0.1) is 11.3 Å². The molecule has 0 saturated carbocycles. The summed E-state index contributed by atoms with van der Waals surface area (Å²) in [5, 5.41) is 12.4. The highest BCUT2D eigenvalue weighted by molar-refractivity contribution is 6.34. The van der Waals surface area contributed by atoms with Crippen LogP contribution in [0.5, 0.6) is 0 Å². The first kappa shape index (κ1) is 14.9. The lowest BCUT2D eigenvalue weighted by Crippen LogP contribution is -2.12. The summed E-state index contributed by atoms with van der Waals surface area (Å²) in [6, 6.07) is 14.5. The van der Waals surface area contributed by atoms with E-state index in [0.29, 0.717) is 16.1 Å². The van der Waals surface area contributed by atoms with Gasteiger partial charge in [0.1, 0.15) is 0 Å². The highest BCUT2D eigenvalue weighted by Gasteiger charge is 2.09. The number of nitrogens with zero attached hydrogens (tertiary/aromatic N) is 1. The number of nitrogens with one attached hydrogen (secondary N) is 1. The van der Waals surface area contributed by atoms with Crippen molar-refractivity contribution in [2.75, 3.05) is 5.32 Å². The molecule has 106 valence electrons. The van der Waals surface area contributed by atoms with Gasteiger partial charge in [0.25, 0.3) is 0 Å². The molecule has 0 aliphatic rings. The molecular weight excluding hydrogens is 286 g/mol. The number of anilines is 1. The lowest BCUT2D eigenvalue weighted by atomic mass is 10.1. The van der Waals surface area contributed by atoms with Crippen LogP contribution in [0.3, 0.4) is 0 Å². The highest BCUT2D eigenvalue weighted by Crippen LogP contribution is 2.24. The minimum Gasteiger partial charge on any atom is -0.378 e. The fourth-order valence-electron chi connectivity index (χ4n) is 1.98. The van der Waals surface area contributed by atoms with E-state index in [1.165, 1.54) is 0 Å². The van der Waals surface area contributed by atoms with Gasteiger partial charge in [-0.2, -0.15) is 5.26 Å². The predicted molar refractivity (Wildman–Crippen MR) is 83.2 cm³/mol. The Bertz CT molecular complexity index is 704. The number of primary amides is 1. The number of nitrogens with two attached hydrogens (primary N) is 1. The standard InChI is InChI=1S/C16H14ClN3O/c1-10(12-4-2-11(9-18)3-5-12)20-13-6-7-14(16(19)21)15(17)8-13/h2-8,10,20H,1H3,(H2,19,21). The van der Waals surface area contributed by atoms with Gasteiger partial charge in [0.15, 0.2) is 0 Å². The van der Waals surface area contributed by atoms with Crippen LogP contribution in [0.4, 0.5) is 5.69 Å². The summed E-state index contributed by atoms with van der Waals surface area (Å²) in [4.78, 5) is 11.1. The van der Waals surface area contributed by atoms with Crippen molar-refractivity contribution in [2.24, 2.45) is 5.73 Å². The number of nitriles is 1. The minimum absolute atomic E-state index is 0.0354. The van der Waals surface area contributed by atoms with Gasteiger partial charge in [-0.15, -0.1) is 0 Å². The van der Waals surface area contributed by atoms with Gasteiger partial charge in [-0.25, -0.2) is 0 Å². The summed E-state index contributed by atoms with van der Waals surface area (Å²) in [5.41, 5.74) is 7.98. The molecule has 0 spiro atoms. The smallest absolute Gasteiger partial charge is 0.250 e. The average molecular weight is 300 g/mol. The van der Waals surface area contributed by atoms with Crippen molar-refractivity contribution in [3.8, 4) is 6.07 Å². The summed E-state index contributed by atoms with van der Waals surface area (Å²) < 4.78 is 0. The largest absolute Gasteiger partial charge is 0.378 e. The molecule has 4 nitrogen and oxygen atoms in total. The normalized spacial score (nSPS) is 11.5. The van der Waals surface area contributed by atoms with Crippen molar-refractivity contribution in [2.45, 2.75) is 13.0 Å². The molecule has 1 unspecified atom stereocenters. The molecule has 2 aromatic rings. The minimum atomic E-state index is -0.549. The van der Waals surface area contributed by atoms with Crippen molar-refractivity contribution in [1.29, 1.82) is 5.26 Å². The van der Waals surface area contributed by atoms with E-state index in [4.69, 9.17) is 22.6 Å². The van der Waals surface area contributed by atoms with E-state index in [1.54, 1.807) is 30.3 Å². The van der Waals surface area contributed by atoms with Crippen LogP contribution in [-0.2, 0) is 0 Å². The SMILES string of the molecule is CC(Nc1ccc(C(N)=O)c(Cl)c1)c1ccc(C#N)cc1. The Morgan fingerprint density at radius 2 is 1.95 bits per heavy atom. The molecule has 5 heteroatoms. The van der Waals surface area contributed by atoms with Gasteiger partial charge in [0.05, 0.1) is 22.2 Å². The third kappa shape index (κ3) is 3.53. The average Bonchev–Trinajstić information content (AvgIpc) is 2.47. The number of hydrogen-bond acceptors (Lipinski definition) is 3. The quantitative estimate of drug-likeness (QED) is 0.907. The Labute approximate surface area is 128 Å². The molecule has 1 atom stereocenters. The zero-order valence-electron chi connectivity index (χ0n) is 11.4. The first-order valence-corrected chi connectivity index (χ1v) is 6.75. The molecule has 0 fully saturated rings. The van der Waals surface area contributed by atoms with Crippen molar-refractivity contribution in [1.82, 2.24) is 0 Å². The van der Waals surface area contributed by atoms with Crippen LogP contribution in [0.1, 0.15) is 34.5 Å². The molecule has 3 N–H and O–H groups in total. The number of carbonyl (C=O) groups excluding carboxylic acids is 1. The zero-order chi connectivity index (χ0) is 15.4. The molecule has 0 heterocycles. The molecule has 21 heavy (non-hydrogen) atoms. The van der Waals surface area contributed by atoms with Gasteiger partial charge in [0.2, 0.25) is 5.91 Å². The first-order valence-electron chi connectivity index (χ1n) is 6.37. The van der Waals surface area contributed by atoms with Crippen LogP contribution in [-0.4, -0.2) is 5.91 Å². The zero-order valence-corrected chi connectivity index (χ0v) is 12.2. The monoisotopic (exact) mass is 299 g/mol.